The quantitative estimate of drug-likeness (QED) is 0.103. The van der Waals surface area contributed by atoms with Gasteiger partial charge in [-0.15, -0.1) is 21.8 Å². The van der Waals surface area contributed by atoms with Gasteiger partial charge in [0.2, 0.25) is 0 Å². The fourth-order valence-electron chi connectivity index (χ4n) is 1.72. The molecular weight excluding hydrogens is 684 g/mol. The summed E-state index contributed by atoms with van der Waals surface area (Å²) < 4.78 is -0.851. The fourth-order valence-corrected chi connectivity index (χ4v) is 9.04. The standard InChI is InChI=1S/C10H22I4Si2/c1-3-15(11,4-2)9-7-5-6-8-10-16(12,13)14/h3-10H2,1-2H3. The van der Waals surface area contributed by atoms with Gasteiger partial charge in [0.25, 0.3) is 0.564 Å². The minimum atomic E-state index is -0.851. The molecular formula is C10H22I4Si2. The Morgan fingerprint density at radius 1 is 0.688 bits per heavy atom. The normalized spacial score (nSPS) is 13.1. The summed E-state index contributed by atoms with van der Waals surface area (Å²) in [7, 11) is 0. The highest BCUT2D eigenvalue weighted by Gasteiger charge is 2.24. The number of hydrogen-bond donors (Lipinski definition) is 0. The molecule has 0 rings (SSSR count). The molecule has 0 fully saturated rings. The molecule has 0 aromatic carbocycles. The summed E-state index contributed by atoms with van der Waals surface area (Å²) >= 11 is 10.9. The molecule has 0 aromatic rings. The van der Waals surface area contributed by atoms with Crippen molar-refractivity contribution in [1.29, 1.82) is 0 Å². The van der Waals surface area contributed by atoms with E-state index in [0.29, 0.717) is 0 Å². The minimum absolute atomic E-state index is 0.820. The minimum Gasteiger partial charge on any atom is -0.119 e. The van der Waals surface area contributed by atoms with Crippen LogP contribution in [0.4, 0.5) is 0 Å². The van der Waals surface area contributed by atoms with Gasteiger partial charge in [0, 0.05) is 0 Å². The van der Waals surface area contributed by atoms with Crippen molar-refractivity contribution in [3.8, 4) is 0 Å². The summed E-state index contributed by atoms with van der Waals surface area (Å²) in [6.07, 6.45) is 5.91. The van der Waals surface area contributed by atoms with Crippen molar-refractivity contribution in [3.63, 3.8) is 0 Å². The fraction of sp³-hybridized carbons (Fsp3) is 1.00. The van der Waals surface area contributed by atoms with Gasteiger partial charge in [-0.1, -0.05) is 117 Å². The van der Waals surface area contributed by atoms with Gasteiger partial charge >= 0.3 is 0 Å². The van der Waals surface area contributed by atoms with Gasteiger partial charge in [0.15, 0.2) is 0 Å². The third-order valence-electron chi connectivity index (χ3n) is 3.10. The van der Waals surface area contributed by atoms with Gasteiger partial charge in [-0.05, 0) is 12.1 Å². The van der Waals surface area contributed by atoms with Gasteiger partial charge in [-0.3, -0.25) is 0 Å². The van der Waals surface area contributed by atoms with Crippen molar-refractivity contribution in [2.24, 2.45) is 0 Å². The van der Waals surface area contributed by atoms with Gasteiger partial charge in [-0.25, -0.2) is 0 Å². The van der Waals surface area contributed by atoms with E-state index >= 15 is 0 Å². The average molecular weight is 706 g/mol. The largest absolute Gasteiger partial charge is 0.253 e. The smallest absolute Gasteiger partial charge is 0.119 e. The zero-order valence-corrected chi connectivity index (χ0v) is 20.8. The third-order valence-corrected chi connectivity index (χ3v) is 18.9. The molecule has 0 heterocycles. The number of halogens is 4. The monoisotopic (exact) mass is 706 g/mol. The first kappa shape index (κ1) is 19.4. The van der Waals surface area contributed by atoms with E-state index in [9.17, 15) is 0 Å². The van der Waals surface area contributed by atoms with Gasteiger partial charge in [0.1, 0.15) is 5.57 Å². The highest BCUT2D eigenvalue weighted by atomic mass is 127. The van der Waals surface area contributed by atoms with E-state index in [1.165, 1.54) is 43.8 Å². The van der Waals surface area contributed by atoms with Crippen molar-refractivity contribution >= 4 is 93.3 Å². The maximum absolute atomic E-state index is 2.82. The Labute approximate surface area is 154 Å². The second-order valence-corrected chi connectivity index (χ2v) is 52.3. The first-order valence-electron chi connectivity index (χ1n) is 6.08. The van der Waals surface area contributed by atoms with Crippen LogP contribution < -0.4 is 0 Å². The van der Waals surface area contributed by atoms with E-state index in [0.717, 1.165) is 0 Å². The molecule has 0 aliphatic heterocycles. The molecule has 0 saturated carbocycles. The summed E-state index contributed by atoms with van der Waals surface area (Å²) in [5.41, 5.74) is -0.820. The molecule has 0 aliphatic carbocycles. The molecule has 0 aromatic heterocycles. The first-order valence-corrected chi connectivity index (χ1v) is 23.4. The van der Waals surface area contributed by atoms with Crippen LogP contribution in [0.2, 0.25) is 24.2 Å². The van der Waals surface area contributed by atoms with Crippen LogP contribution in [0.1, 0.15) is 39.5 Å². The summed E-state index contributed by atoms with van der Waals surface area (Å²) in [5.74, 6) is 0. The summed E-state index contributed by atoms with van der Waals surface area (Å²) in [6.45, 7) is 4.79. The molecule has 0 aliphatic rings. The predicted molar refractivity (Wildman–Crippen MR) is 117 cm³/mol. The zero-order chi connectivity index (χ0) is 12.7. The molecule has 0 spiro atoms. The Bertz CT molecular complexity index is 178. The Kier molecular flexibility index (Phi) is 12.3. The maximum Gasteiger partial charge on any atom is 0.253 e. The predicted octanol–water partition coefficient (Wildman–Crippen LogP) is 7.21. The lowest BCUT2D eigenvalue weighted by Crippen LogP contribution is -2.22. The van der Waals surface area contributed by atoms with Gasteiger partial charge in [-0.2, -0.15) is 0 Å². The second-order valence-electron chi connectivity index (χ2n) is 4.39. The van der Waals surface area contributed by atoms with Crippen molar-refractivity contribution in [1.82, 2.24) is 0 Å². The zero-order valence-electron chi connectivity index (χ0n) is 10.2. The second kappa shape index (κ2) is 10.1. The molecule has 0 unspecified atom stereocenters. The van der Waals surface area contributed by atoms with Crippen molar-refractivity contribution in [3.05, 3.63) is 0 Å². The van der Waals surface area contributed by atoms with Gasteiger partial charge in [0.05, 0.1) is 0 Å². The molecule has 98 valence electrons. The topological polar surface area (TPSA) is 0 Å². The van der Waals surface area contributed by atoms with Crippen molar-refractivity contribution < 1.29 is 0 Å². The third kappa shape index (κ3) is 11.2. The molecule has 0 bridgehead atoms. The number of unbranched alkanes of at least 4 members (excludes halogenated alkanes) is 3. The van der Waals surface area contributed by atoms with E-state index in [2.05, 4.69) is 101 Å². The molecule has 0 radical (unpaired) electrons. The number of rotatable bonds is 9. The SMILES string of the molecule is CC[Si](I)(CC)CCCCCC[Si](I)(I)I. The van der Waals surface area contributed by atoms with Crippen LogP contribution in [0.15, 0.2) is 0 Å². The lowest BCUT2D eigenvalue weighted by Gasteiger charge is -2.21. The lowest BCUT2D eigenvalue weighted by molar-refractivity contribution is 0.696. The lowest BCUT2D eigenvalue weighted by atomic mass is 10.2. The summed E-state index contributed by atoms with van der Waals surface area (Å²) in [5, 5.41) is 0. The Balaban J connectivity index is 3.47. The van der Waals surface area contributed by atoms with Gasteiger partial charge < -0.3 is 0 Å². The van der Waals surface area contributed by atoms with E-state index < -0.39 is 6.13 Å². The molecule has 0 saturated heterocycles. The maximum atomic E-state index is 2.82. The van der Waals surface area contributed by atoms with Crippen LogP contribution in [0.25, 0.3) is 0 Å². The average Bonchev–Trinajstić information content (AvgIpc) is 2.21. The molecule has 0 amide bonds. The van der Waals surface area contributed by atoms with E-state index in [4.69, 9.17) is 0 Å². The molecule has 16 heavy (non-hydrogen) atoms. The van der Waals surface area contributed by atoms with E-state index in [1.807, 2.05) is 0 Å². The van der Waals surface area contributed by atoms with E-state index in [1.54, 1.807) is 6.04 Å². The van der Waals surface area contributed by atoms with Crippen molar-refractivity contribution in [2.45, 2.75) is 63.7 Å². The molecule has 0 atom stereocenters. The van der Waals surface area contributed by atoms with Crippen LogP contribution in [-0.4, -0.2) is 6.13 Å². The highest BCUT2D eigenvalue weighted by Crippen LogP contribution is 2.36. The number of hydrogen-bond acceptors (Lipinski definition) is 0. The Morgan fingerprint density at radius 2 is 1.12 bits per heavy atom. The van der Waals surface area contributed by atoms with Crippen LogP contribution in [0.5, 0.6) is 0 Å². The highest BCUT2D eigenvalue weighted by molar-refractivity contribution is 14.4. The molecule has 6 heteroatoms. The molecule has 0 N–H and O–H groups in total. The Hall–Kier alpha value is 3.35. The van der Waals surface area contributed by atoms with E-state index in [-0.39, 0.29) is 0 Å². The summed E-state index contributed by atoms with van der Waals surface area (Å²) in [4.78, 5) is 0. The Morgan fingerprint density at radius 3 is 1.50 bits per heavy atom. The summed E-state index contributed by atoms with van der Waals surface area (Å²) in [6, 6.07) is 5.98. The first-order chi connectivity index (χ1) is 7.33. The van der Waals surface area contributed by atoms with Crippen LogP contribution in [-0.2, 0) is 0 Å². The van der Waals surface area contributed by atoms with Crippen LogP contribution in [0, 0.1) is 0 Å². The van der Waals surface area contributed by atoms with Crippen LogP contribution >= 0.6 is 87.2 Å². The van der Waals surface area contributed by atoms with Crippen LogP contribution in [0.3, 0.4) is 0 Å². The van der Waals surface area contributed by atoms with Crippen molar-refractivity contribution in [2.75, 3.05) is 0 Å². The molecule has 0 nitrogen and oxygen atoms in total.